The molecule has 0 atom stereocenters. The fourth-order valence-electron chi connectivity index (χ4n) is 2.69. The molecule has 1 aliphatic carbocycles. The van der Waals surface area contributed by atoms with Crippen molar-refractivity contribution in [3.05, 3.63) is 64.7 Å². The lowest BCUT2D eigenvalue weighted by Gasteiger charge is -2.20. The van der Waals surface area contributed by atoms with E-state index in [1.807, 2.05) is 12.1 Å². The van der Waals surface area contributed by atoms with Crippen LogP contribution in [0.1, 0.15) is 51.6 Å². The van der Waals surface area contributed by atoms with Crippen molar-refractivity contribution in [3.63, 3.8) is 0 Å². The van der Waals surface area contributed by atoms with Crippen molar-refractivity contribution >= 4 is 17.3 Å². The number of hydrogen-bond donors (Lipinski definition) is 1. The van der Waals surface area contributed by atoms with Crippen LogP contribution in [0.15, 0.2) is 42.5 Å². The molecule has 1 aliphatic rings. The number of anilines is 1. The minimum atomic E-state index is -0.0701. The van der Waals surface area contributed by atoms with Gasteiger partial charge in [0.15, 0.2) is 11.6 Å². The molecule has 0 heterocycles. The fourth-order valence-corrected chi connectivity index (χ4v) is 2.69. The lowest BCUT2D eigenvalue weighted by Crippen LogP contribution is -2.22. The van der Waals surface area contributed by atoms with Crippen molar-refractivity contribution < 1.29 is 9.59 Å². The van der Waals surface area contributed by atoms with Crippen LogP contribution in [0.25, 0.3) is 0 Å². The van der Waals surface area contributed by atoms with Crippen molar-refractivity contribution in [2.24, 2.45) is 0 Å². The molecule has 106 valence electrons. The molecule has 2 aromatic rings. The first kappa shape index (κ1) is 13.6. The molecule has 2 aromatic carbocycles. The maximum atomic E-state index is 12.7. The number of nitrogens with one attached hydrogen (secondary N) is 1. The fraction of sp³-hybridized carbons (Fsp3) is 0.222. The Balaban J connectivity index is 2.08. The minimum absolute atomic E-state index is 0.0696. The third-order valence-electron chi connectivity index (χ3n) is 3.80. The van der Waals surface area contributed by atoms with Gasteiger partial charge >= 0.3 is 0 Å². The summed E-state index contributed by atoms with van der Waals surface area (Å²) in [6.45, 7) is 2.92. The Morgan fingerprint density at radius 1 is 0.857 bits per heavy atom. The highest BCUT2D eigenvalue weighted by molar-refractivity contribution is 6.30. The Bertz CT molecular complexity index is 719. The highest BCUT2D eigenvalue weighted by atomic mass is 16.1. The molecule has 0 aliphatic heterocycles. The number of carbonyl (C=O) groups is 2. The van der Waals surface area contributed by atoms with Crippen molar-refractivity contribution in [1.29, 1.82) is 0 Å². The molecule has 1 N–H and O–H groups in total. The van der Waals surface area contributed by atoms with E-state index in [9.17, 15) is 9.59 Å². The van der Waals surface area contributed by atoms with Gasteiger partial charge in [-0.1, -0.05) is 49.7 Å². The van der Waals surface area contributed by atoms with E-state index >= 15 is 0 Å². The van der Waals surface area contributed by atoms with Gasteiger partial charge in [0.05, 0.1) is 5.56 Å². The maximum absolute atomic E-state index is 12.7. The topological polar surface area (TPSA) is 46.2 Å². The molecule has 0 radical (unpaired) electrons. The molecular formula is C18H17NO2. The Morgan fingerprint density at radius 2 is 1.52 bits per heavy atom. The molecule has 0 spiro atoms. The van der Waals surface area contributed by atoms with Gasteiger partial charge in [0, 0.05) is 28.9 Å². The monoisotopic (exact) mass is 279 g/mol. The van der Waals surface area contributed by atoms with E-state index in [1.165, 1.54) is 0 Å². The molecule has 3 nitrogen and oxygen atoms in total. The zero-order chi connectivity index (χ0) is 14.8. The highest BCUT2D eigenvalue weighted by Gasteiger charge is 2.30. The van der Waals surface area contributed by atoms with Crippen molar-refractivity contribution in [2.45, 2.75) is 19.8 Å². The van der Waals surface area contributed by atoms with E-state index in [4.69, 9.17) is 0 Å². The van der Waals surface area contributed by atoms with Gasteiger partial charge in [0.2, 0.25) is 0 Å². The molecule has 0 unspecified atom stereocenters. The van der Waals surface area contributed by atoms with Crippen LogP contribution in [0.3, 0.4) is 0 Å². The number of rotatable bonds is 4. The van der Waals surface area contributed by atoms with E-state index in [1.54, 1.807) is 30.3 Å². The van der Waals surface area contributed by atoms with Crippen LogP contribution < -0.4 is 5.32 Å². The van der Waals surface area contributed by atoms with Crippen molar-refractivity contribution in [3.8, 4) is 0 Å². The number of fused-ring (bicyclic) bond motifs is 2. The molecule has 21 heavy (non-hydrogen) atoms. The predicted octanol–water partition coefficient (Wildman–Crippen LogP) is 3.67. The van der Waals surface area contributed by atoms with Crippen molar-refractivity contribution in [1.82, 2.24) is 0 Å². The van der Waals surface area contributed by atoms with Crippen LogP contribution in [-0.2, 0) is 0 Å². The van der Waals surface area contributed by atoms with Crippen LogP contribution in [0, 0.1) is 0 Å². The van der Waals surface area contributed by atoms with E-state index in [2.05, 4.69) is 12.2 Å². The van der Waals surface area contributed by atoms with Crippen molar-refractivity contribution in [2.75, 3.05) is 11.9 Å². The maximum Gasteiger partial charge on any atom is 0.196 e. The lowest BCUT2D eigenvalue weighted by molar-refractivity contribution is 0.0979. The number of ketones is 2. The summed E-state index contributed by atoms with van der Waals surface area (Å²) < 4.78 is 0. The summed E-state index contributed by atoms with van der Waals surface area (Å²) in [5.41, 5.74) is 2.77. The molecule has 0 bridgehead atoms. The van der Waals surface area contributed by atoms with Gasteiger partial charge < -0.3 is 5.32 Å². The second kappa shape index (κ2) is 5.52. The number of hydrogen-bond acceptors (Lipinski definition) is 3. The minimum Gasteiger partial charge on any atom is -0.384 e. The van der Waals surface area contributed by atoms with Gasteiger partial charge in [-0.2, -0.15) is 0 Å². The highest BCUT2D eigenvalue weighted by Crippen LogP contribution is 2.31. The summed E-state index contributed by atoms with van der Waals surface area (Å²) >= 11 is 0. The Hall–Kier alpha value is -2.42. The van der Waals surface area contributed by atoms with Crippen LogP contribution in [-0.4, -0.2) is 18.1 Å². The third-order valence-corrected chi connectivity index (χ3v) is 3.80. The first-order valence-electron chi connectivity index (χ1n) is 7.29. The third kappa shape index (κ3) is 2.25. The van der Waals surface area contributed by atoms with E-state index in [0.29, 0.717) is 22.3 Å². The molecule has 0 amide bonds. The second-order valence-corrected chi connectivity index (χ2v) is 5.21. The number of benzene rings is 2. The molecular weight excluding hydrogens is 262 g/mol. The first-order valence-corrected chi connectivity index (χ1v) is 7.29. The molecule has 0 saturated heterocycles. The molecule has 0 aromatic heterocycles. The number of carbonyl (C=O) groups excluding carboxylic acids is 2. The van der Waals surface area contributed by atoms with E-state index in [-0.39, 0.29) is 11.6 Å². The SMILES string of the molecule is CCCCNc1cccc2c1C(=O)c1ccccc1C2=O. The van der Waals surface area contributed by atoms with Crippen LogP contribution in [0.4, 0.5) is 5.69 Å². The molecule has 0 saturated carbocycles. The second-order valence-electron chi connectivity index (χ2n) is 5.21. The smallest absolute Gasteiger partial charge is 0.196 e. The first-order chi connectivity index (χ1) is 10.2. The zero-order valence-corrected chi connectivity index (χ0v) is 12.0. The van der Waals surface area contributed by atoms with Gasteiger partial charge in [-0.05, 0) is 12.5 Å². The molecule has 0 fully saturated rings. The largest absolute Gasteiger partial charge is 0.384 e. The molecule has 3 heteroatoms. The zero-order valence-electron chi connectivity index (χ0n) is 12.0. The normalized spacial score (nSPS) is 12.8. The summed E-state index contributed by atoms with van der Waals surface area (Å²) in [4.78, 5) is 25.3. The number of unbranched alkanes of at least 4 members (excludes halogenated alkanes) is 1. The average Bonchev–Trinajstić information content (AvgIpc) is 2.53. The van der Waals surface area contributed by atoms with Crippen LogP contribution in [0.5, 0.6) is 0 Å². The lowest BCUT2D eigenvalue weighted by atomic mass is 9.83. The Labute approximate surface area is 124 Å². The summed E-state index contributed by atoms with van der Waals surface area (Å²) in [6, 6.07) is 12.5. The van der Waals surface area contributed by atoms with Gasteiger partial charge in [-0.3, -0.25) is 9.59 Å². The van der Waals surface area contributed by atoms with Gasteiger partial charge in [-0.25, -0.2) is 0 Å². The predicted molar refractivity (Wildman–Crippen MR) is 83.1 cm³/mol. The van der Waals surface area contributed by atoms with Gasteiger partial charge in [0.25, 0.3) is 0 Å². The van der Waals surface area contributed by atoms with Gasteiger partial charge in [0.1, 0.15) is 0 Å². The van der Waals surface area contributed by atoms with Crippen LogP contribution >= 0.6 is 0 Å². The molecule has 3 rings (SSSR count). The quantitative estimate of drug-likeness (QED) is 0.741. The standard InChI is InChI=1S/C18H17NO2/c1-2-3-11-19-15-10-6-9-14-16(15)18(21)13-8-5-4-7-12(13)17(14)20/h4-10,19H,2-3,11H2,1H3. The van der Waals surface area contributed by atoms with E-state index < -0.39 is 0 Å². The summed E-state index contributed by atoms with van der Waals surface area (Å²) in [7, 11) is 0. The Morgan fingerprint density at radius 3 is 2.24 bits per heavy atom. The van der Waals surface area contributed by atoms with Crippen LogP contribution in [0.2, 0.25) is 0 Å². The average molecular weight is 279 g/mol. The summed E-state index contributed by atoms with van der Waals surface area (Å²) in [5.74, 6) is -0.140. The van der Waals surface area contributed by atoms with E-state index in [0.717, 1.165) is 25.1 Å². The Kier molecular flexibility index (Phi) is 3.57. The summed E-state index contributed by atoms with van der Waals surface area (Å²) in [6.07, 6.45) is 2.11. The summed E-state index contributed by atoms with van der Waals surface area (Å²) in [5, 5.41) is 3.28. The van der Waals surface area contributed by atoms with Gasteiger partial charge in [-0.15, -0.1) is 0 Å².